The molecule has 7 heteroatoms. The molecule has 0 spiro atoms. The lowest BCUT2D eigenvalue weighted by molar-refractivity contribution is -0.243. The largest absolute Gasteiger partial charge is 0.374 e. The fraction of sp³-hybridized carbons (Fsp3) is 0.684. The summed E-state index contributed by atoms with van der Waals surface area (Å²) in [5.74, 6) is -1.38. The molecule has 6 nitrogen and oxygen atoms in total. The van der Waals surface area contributed by atoms with E-state index in [1.54, 1.807) is 0 Å². The number of hydrogen-bond acceptors (Lipinski definition) is 6. The van der Waals surface area contributed by atoms with Crippen LogP contribution >= 0.6 is 22.6 Å². The molecule has 0 aromatic heterocycles. The van der Waals surface area contributed by atoms with E-state index in [0.29, 0.717) is 13.2 Å². The summed E-state index contributed by atoms with van der Waals surface area (Å²) in [6.45, 7) is 8.50. The van der Waals surface area contributed by atoms with Gasteiger partial charge in [0, 0.05) is 3.57 Å². The fourth-order valence-corrected chi connectivity index (χ4v) is 4.06. The van der Waals surface area contributed by atoms with Crippen molar-refractivity contribution in [2.24, 2.45) is 0 Å². The summed E-state index contributed by atoms with van der Waals surface area (Å²) in [5.41, 5.74) is 1.13. The second kappa shape index (κ2) is 6.95. The molecule has 3 saturated heterocycles. The highest BCUT2D eigenvalue weighted by Crippen LogP contribution is 2.44. The van der Waals surface area contributed by atoms with Crippen molar-refractivity contribution in [3.63, 3.8) is 0 Å². The van der Waals surface area contributed by atoms with Gasteiger partial charge in [0.15, 0.2) is 17.9 Å². The van der Waals surface area contributed by atoms with E-state index in [1.165, 1.54) is 3.57 Å². The predicted molar refractivity (Wildman–Crippen MR) is 101 cm³/mol. The van der Waals surface area contributed by atoms with E-state index in [9.17, 15) is 0 Å². The third kappa shape index (κ3) is 3.94. The summed E-state index contributed by atoms with van der Waals surface area (Å²) < 4.78 is 37.4. The summed E-state index contributed by atoms with van der Waals surface area (Å²) >= 11 is 2.29. The van der Waals surface area contributed by atoms with Crippen molar-refractivity contribution in [1.82, 2.24) is 0 Å². The van der Waals surface area contributed by atoms with E-state index in [1.807, 2.05) is 27.7 Å². The van der Waals surface area contributed by atoms with Crippen LogP contribution in [0.4, 0.5) is 0 Å². The summed E-state index contributed by atoms with van der Waals surface area (Å²) in [4.78, 5) is 0. The van der Waals surface area contributed by atoms with Crippen LogP contribution in [0.5, 0.6) is 0 Å². The third-order valence-corrected chi connectivity index (χ3v) is 5.43. The molecule has 26 heavy (non-hydrogen) atoms. The SMILES string of the molecule is CC1(C)O[C@@H]2[C@H](O1)[C@H]1OC(C)(C)OC1O[C@@H]2COCc1ccc(I)cc1. The highest BCUT2D eigenvalue weighted by molar-refractivity contribution is 14.1. The van der Waals surface area contributed by atoms with Gasteiger partial charge in [0.25, 0.3) is 0 Å². The van der Waals surface area contributed by atoms with Crippen LogP contribution in [0.3, 0.4) is 0 Å². The molecule has 0 amide bonds. The molecule has 3 aliphatic heterocycles. The smallest absolute Gasteiger partial charge is 0.190 e. The van der Waals surface area contributed by atoms with Crippen LogP contribution in [0.2, 0.25) is 0 Å². The van der Waals surface area contributed by atoms with Crippen LogP contribution in [-0.2, 0) is 35.0 Å². The normalized spacial score (nSPS) is 37.3. The van der Waals surface area contributed by atoms with E-state index in [2.05, 4.69) is 46.9 Å². The molecule has 4 rings (SSSR count). The zero-order valence-electron chi connectivity index (χ0n) is 15.4. The molecule has 144 valence electrons. The van der Waals surface area contributed by atoms with Gasteiger partial charge in [-0.3, -0.25) is 0 Å². The molecule has 0 bridgehead atoms. The van der Waals surface area contributed by atoms with Crippen molar-refractivity contribution < 1.29 is 28.4 Å². The minimum Gasteiger partial charge on any atom is -0.374 e. The molecule has 0 saturated carbocycles. The quantitative estimate of drug-likeness (QED) is 0.623. The van der Waals surface area contributed by atoms with Crippen molar-refractivity contribution >= 4 is 22.6 Å². The van der Waals surface area contributed by atoms with Crippen LogP contribution in [0.1, 0.15) is 33.3 Å². The van der Waals surface area contributed by atoms with E-state index < -0.39 is 17.9 Å². The Kier molecular flexibility index (Phi) is 5.09. The Bertz CT molecular complexity index is 646. The van der Waals surface area contributed by atoms with Gasteiger partial charge in [0.1, 0.15) is 24.4 Å². The topological polar surface area (TPSA) is 55.4 Å². The van der Waals surface area contributed by atoms with Crippen molar-refractivity contribution in [1.29, 1.82) is 0 Å². The highest BCUT2D eigenvalue weighted by Gasteiger charge is 2.60. The zero-order chi connectivity index (χ0) is 18.5. The van der Waals surface area contributed by atoms with Gasteiger partial charge < -0.3 is 28.4 Å². The third-order valence-electron chi connectivity index (χ3n) is 4.71. The van der Waals surface area contributed by atoms with Gasteiger partial charge in [-0.2, -0.15) is 0 Å². The van der Waals surface area contributed by atoms with Crippen LogP contribution in [0.15, 0.2) is 24.3 Å². The lowest BCUT2D eigenvalue weighted by Gasteiger charge is -2.37. The van der Waals surface area contributed by atoms with Gasteiger partial charge in [-0.1, -0.05) is 12.1 Å². The Morgan fingerprint density at radius 1 is 0.885 bits per heavy atom. The Labute approximate surface area is 167 Å². The van der Waals surface area contributed by atoms with Crippen LogP contribution in [-0.4, -0.2) is 48.9 Å². The molecule has 1 unspecified atom stereocenters. The van der Waals surface area contributed by atoms with E-state index in [-0.39, 0.29) is 24.4 Å². The highest BCUT2D eigenvalue weighted by atomic mass is 127. The average molecular weight is 476 g/mol. The number of halogens is 1. The first-order valence-corrected chi connectivity index (χ1v) is 9.99. The number of benzene rings is 1. The van der Waals surface area contributed by atoms with Gasteiger partial charge >= 0.3 is 0 Å². The molecule has 3 heterocycles. The molecule has 3 fully saturated rings. The minimum atomic E-state index is -0.701. The lowest BCUT2D eigenvalue weighted by atomic mass is 9.99. The molecular weight excluding hydrogens is 451 g/mol. The summed E-state index contributed by atoms with van der Waals surface area (Å²) in [5, 5.41) is 0. The zero-order valence-corrected chi connectivity index (χ0v) is 17.6. The van der Waals surface area contributed by atoms with E-state index in [0.717, 1.165) is 5.56 Å². The van der Waals surface area contributed by atoms with Crippen molar-refractivity contribution in [2.75, 3.05) is 6.61 Å². The first-order valence-electron chi connectivity index (χ1n) is 8.91. The average Bonchev–Trinajstić information content (AvgIpc) is 3.03. The van der Waals surface area contributed by atoms with E-state index in [4.69, 9.17) is 28.4 Å². The Morgan fingerprint density at radius 3 is 2.23 bits per heavy atom. The number of hydrogen-bond donors (Lipinski definition) is 0. The van der Waals surface area contributed by atoms with Gasteiger partial charge in [-0.25, -0.2) is 0 Å². The molecule has 1 aromatic carbocycles. The standard InChI is InChI=1S/C19H25IO6/c1-18(2)23-14-13(10-21-9-11-5-7-12(20)8-6-11)22-17-16(15(14)24-18)25-19(3,4)26-17/h5-8,13-17H,9-10H2,1-4H3/t13-,14+,15+,16-,17?/m1/s1. The number of ether oxygens (including phenoxy) is 6. The van der Waals surface area contributed by atoms with Gasteiger partial charge in [-0.15, -0.1) is 0 Å². The Hall–Kier alpha value is -0.290. The fourth-order valence-electron chi connectivity index (χ4n) is 3.70. The van der Waals surface area contributed by atoms with Crippen LogP contribution < -0.4 is 0 Å². The second-order valence-electron chi connectivity index (χ2n) is 7.85. The molecule has 5 atom stereocenters. The minimum absolute atomic E-state index is 0.238. The first-order chi connectivity index (χ1) is 12.2. The molecule has 0 radical (unpaired) electrons. The van der Waals surface area contributed by atoms with Gasteiger partial charge in [-0.05, 0) is 68.0 Å². The van der Waals surface area contributed by atoms with E-state index >= 15 is 0 Å². The molecule has 0 aliphatic carbocycles. The Balaban J connectivity index is 1.43. The molecule has 0 N–H and O–H groups in total. The van der Waals surface area contributed by atoms with Crippen molar-refractivity contribution in [3.05, 3.63) is 33.4 Å². The predicted octanol–water partition coefficient (Wildman–Crippen LogP) is 3.20. The summed E-state index contributed by atoms with van der Waals surface area (Å²) in [6.07, 6.45) is -1.54. The molecular formula is C19H25IO6. The van der Waals surface area contributed by atoms with Crippen LogP contribution in [0.25, 0.3) is 0 Å². The maximum Gasteiger partial charge on any atom is 0.190 e. The maximum absolute atomic E-state index is 6.13. The second-order valence-corrected chi connectivity index (χ2v) is 9.10. The van der Waals surface area contributed by atoms with Gasteiger partial charge in [0.05, 0.1) is 13.2 Å². The Morgan fingerprint density at radius 2 is 1.50 bits per heavy atom. The molecule has 3 aliphatic rings. The summed E-state index contributed by atoms with van der Waals surface area (Å²) in [7, 11) is 0. The van der Waals surface area contributed by atoms with Crippen molar-refractivity contribution in [2.45, 2.75) is 76.6 Å². The monoisotopic (exact) mass is 476 g/mol. The van der Waals surface area contributed by atoms with Crippen LogP contribution in [0, 0.1) is 3.57 Å². The van der Waals surface area contributed by atoms with Crippen molar-refractivity contribution in [3.8, 4) is 0 Å². The first kappa shape index (κ1) is 19.0. The number of rotatable bonds is 4. The number of fused-ring (bicyclic) bond motifs is 3. The molecule has 1 aromatic rings. The lowest BCUT2D eigenvalue weighted by Crippen LogP contribution is -2.56. The summed E-state index contributed by atoms with van der Waals surface area (Å²) in [6, 6.07) is 8.27. The van der Waals surface area contributed by atoms with Gasteiger partial charge in [0.2, 0.25) is 0 Å². The maximum atomic E-state index is 6.13.